The Morgan fingerprint density at radius 3 is 1.80 bits per heavy atom. The minimum absolute atomic E-state index is 0.150. The van der Waals surface area contributed by atoms with Gasteiger partial charge in [-0.2, -0.15) is 13.2 Å². The predicted molar refractivity (Wildman–Crippen MR) is 112 cm³/mol. The van der Waals surface area contributed by atoms with Gasteiger partial charge in [0, 0.05) is 32.7 Å². The van der Waals surface area contributed by atoms with Gasteiger partial charge in [-0.25, -0.2) is 0 Å². The second-order valence-electron chi connectivity index (χ2n) is 7.50. The van der Waals surface area contributed by atoms with Crippen LogP contribution in [0.3, 0.4) is 0 Å². The number of benzene rings is 3. The summed E-state index contributed by atoms with van der Waals surface area (Å²) in [4.78, 5) is 0. The van der Waals surface area contributed by atoms with E-state index < -0.39 is 18.0 Å². The largest absolute Gasteiger partial charge is 0.431 e. The molecular formula is C24H19F3N2O. The van der Waals surface area contributed by atoms with Crippen LogP contribution < -0.4 is 0 Å². The van der Waals surface area contributed by atoms with Crippen LogP contribution in [0, 0.1) is 0 Å². The Balaban J connectivity index is 1.56. The van der Waals surface area contributed by atoms with Gasteiger partial charge in [-0.15, -0.1) is 0 Å². The van der Waals surface area contributed by atoms with Crippen LogP contribution in [0.5, 0.6) is 0 Å². The van der Waals surface area contributed by atoms with Crippen molar-refractivity contribution in [3.05, 3.63) is 84.6 Å². The SMILES string of the molecule is OC(Cn1c(C(F)(F)F)cc2ccccc21)Cn1c2ccccc2c2ccccc21. The molecule has 0 aliphatic rings. The zero-order valence-corrected chi connectivity index (χ0v) is 16.0. The third-order valence-corrected chi connectivity index (χ3v) is 5.57. The zero-order valence-electron chi connectivity index (χ0n) is 16.0. The van der Waals surface area contributed by atoms with Crippen molar-refractivity contribution in [3.63, 3.8) is 0 Å². The summed E-state index contributed by atoms with van der Waals surface area (Å²) in [5.41, 5.74) is 1.62. The Labute approximate surface area is 170 Å². The average molecular weight is 408 g/mol. The summed E-state index contributed by atoms with van der Waals surface area (Å²) in [6.45, 7) is 0.0427. The molecule has 0 saturated carbocycles. The number of aliphatic hydroxyl groups is 1. The average Bonchev–Trinajstić information content (AvgIpc) is 3.25. The Morgan fingerprint density at radius 2 is 1.20 bits per heavy atom. The molecule has 0 aliphatic carbocycles. The highest BCUT2D eigenvalue weighted by molar-refractivity contribution is 6.07. The van der Waals surface area contributed by atoms with Gasteiger partial charge in [-0.3, -0.25) is 0 Å². The van der Waals surface area contributed by atoms with E-state index in [1.807, 2.05) is 53.1 Å². The highest BCUT2D eigenvalue weighted by Crippen LogP contribution is 2.34. The highest BCUT2D eigenvalue weighted by atomic mass is 19.4. The molecule has 0 spiro atoms. The van der Waals surface area contributed by atoms with E-state index in [-0.39, 0.29) is 13.1 Å². The first kappa shape index (κ1) is 18.8. The van der Waals surface area contributed by atoms with Crippen molar-refractivity contribution in [3.8, 4) is 0 Å². The molecule has 0 radical (unpaired) electrons. The summed E-state index contributed by atoms with van der Waals surface area (Å²) in [6, 6.07) is 23.6. The Kier molecular flexibility index (Phi) is 4.33. The van der Waals surface area contributed by atoms with E-state index in [1.54, 1.807) is 24.3 Å². The fourth-order valence-corrected chi connectivity index (χ4v) is 4.32. The first-order chi connectivity index (χ1) is 14.4. The number of halogens is 3. The molecule has 3 aromatic carbocycles. The molecule has 0 bridgehead atoms. The minimum Gasteiger partial charge on any atom is -0.389 e. The van der Waals surface area contributed by atoms with Gasteiger partial charge in [0.1, 0.15) is 5.69 Å². The monoisotopic (exact) mass is 408 g/mol. The van der Waals surface area contributed by atoms with E-state index in [2.05, 4.69) is 0 Å². The number of para-hydroxylation sites is 3. The van der Waals surface area contributed by atoms with Crippen molar-refractivity contribution in [2.45, 2.75) is 25.4 Å². The van der Waals surface area contributed by atoms with Crippen LogP contribution in [-0.2, 0) is 19.3 Å². The quantitative estimate of drug-likeness (QED) is 0.398. The Bertz CT molecular complexity index is 1310. The molecule has 30 heavy (non-hydrogen) atoms. The molecule has 152 valence electrons. The van der Waals surface area contributed by atoms with Crippen LogP contribution in [-0.4, -0.2) is 20.3 Å². The van der Waals surface area contributed by atoms with Gasteiger partial charge >= 0.3 is 6.18 Å². The molecule has 1 unspecified atom stereocenters. The van der Waals surface area contributed by atoms with E-state index in [0.717, 1.165) is 27.9 Å². The number of fused-ring (bicyclic) bond motifs is 4. The minimum atomic E-state index is -4.49. The molecule has 5 aromatic rings. The van der Waals surface area contributed by atoms with Gasteiger partial charge in [-0.05, 0) is 24.3 Å². The zero-order chi connectivity index (χ0) is 20.9. The van der Waals surface area contributed by atoms with Crippen molar-refractivity contribution < 1.29 is 18.3 Å². The standard InChI is InChI=1S/C24H19F3N2O/c25-24(26,27)23-13-16-7-1-4-10-20(16)29(23)15-17(30)14-28-21-11-5-2-8-18(21)19-9-3-6-12-22(19)28/h1-13,17,30H,14-15H2. The molecule has 5 rings (SSSR count). The number of nitrogens with zero attached hydrogens (tertiary/aromatic N) is 2. The third kappa shape index (κ3) is 3.04. The number of rotatable bonds is 4. The number of hydrogen-bond acceptors (Lipinski definition) is 1. The van der Waals surface area contributed by atoms with Gasteiger partial charge in [-0.1, -0.05) is 54.6 Å². The van der Waals surface area contributed by atoms with E-state index in [1.165, 1.54) is 4.57 Å². The van der Waals surface area contributed by atoms with Crippen LogP contribution in [0.1, 0.15) is 5.69 Å². The molecule has 1 N–H and O–H groups in total. The van der Waals surface area contributed by atoms with Gasteiger partial charge in [0.25, 0.3) is 0 Å². The lowest BCUT2D eigenvalue weighted by molar-refractivity contribution is -0.143. The van der Waals surface area contributed by atoms with E-state index in [9.17, 15) is 18.3 Å². The fraction of sp³-hybridized carbons (Fsp3) is 0.167. The van der Waals surface area contributed by atoms with Gasteiger partial charge in [0.15, 0.2) is 0 Å². The van der Waals surface area contributed by atoms with Crippen molar-refractivity contribution >= 4 is 32.7 Å². The van der Waals surface area contributed by atoms with Crippen LogP contribution in [0.2, 0.25) is 0 Å². The summed E-state index contributed by atoms with van der Waals surface area (Å²) < 4.78 is 44.0. The van der Waals surface area contributed by atoms with E-state index in [4.69, 9.17) is 0 Å². The normalized spacial score (nSPS) is 13.5. The summed E-state index contributed by atoms with van der Waals surface area (Å²) in [5.74, 6) is 0. The third-order valence-electron chi connectivity index (χ3n) is 5.57. The molecule has 2 heterocycles. The van der Waals surface area contributed by atoms with Crippen molar-refractivity contribution in [2.75, 3.05) is 0 Å². The molecule has 2 aromatic heterocycles. The topological polar surface area (TPSA) is 30.1 Å². The second kappa shape index (κ2) is 6.92. The van der Waals surface area contributed by atoms with Crippen LogP contribution in [0.15, 0.2) is 78.9 Å². The number of aliphatic hydroxyl groups excluding tert-OH is 1. The number of alkyl halides is 3. The summed E-state index contributed by atoms with van der Waals surface area (Å²) in [7, 11) is 0. The van der Waals surface area contributed by atoms with Crippen LogP contribution in [0.25, 0.3) is 32.7 Å². The lowest BCUT2D eigenvalue weighted by atomic mass is 10.2. The van der Waals surface area contributed by atoms with Crippen LogP contribution >= 0.6 is 0 Å². The smallest absolute Gasteiger partial charge is 0.389 e. The van der Waals surface area contributed by atoms with Gasteiger partial charge in [0.2, 0.25) is 0 Å². The van der Waals surface area contributed by atoms with E-state index in [0.29, 0.717) is 10.9 Å². The molecule has 0 fully saturated rings. The summed E-state index contributed by atoms with van der Waals surface area (Å²) >= 11 is 0. The molecular weight excluding hydrogens is 389 g/mol. The van der Waals surface area contributed by atoms with Crippen molar-refractivity contribution in [2.24, 2.45) is 0 Å². The Hall–Kier alpha value is -3.25. The molecule has 0 amide bonds. The summed E-state index contributed by atoms with van der Waals surface area (Å²) in [6.07, 6.45) is -5.49. The first-order valence-corrected chi connectivity index (χ1v) is 9.73. The van der Waals surface area contributed by atoms with Gasteiger partial charge < -0.3 is 14.2 Å². The first-order valence-electron chi connectivity index (χ1n) is 9.73. The molecule has 0 aliphatic heterocycles. The molecule has 3 nitrogen and oxygen atoms in total. The number of hydrogen-bond donors (Lipinski definition) is 1. The maximum absolute atomic E-state index is 13.6. The maximum atomic E-state index is 13.6. The second-order valence-corrected chi connectivity index (χ2v) is 7.50. The molecule has 1 atom stereocenters. The fourth-order valence-electron chi connectivity index (χ4n) is 4.32. The van der Waals surface area contributed by atoms with Gasteiger partial charge in [0.05, 0.1) is 19.2 Å². The lowest BCUT2D eigenvalue weighted by Gasteiger charge is -2.18. The predicted octanol–water partition coefficient (Wildman–Crippen LogP) is 5.83. The molecule has 0 saturated heterocycles. The maximum Gasteiger partial charge on any atom is 0.431 e. The summed E-state index contributed by atoms with van der Waals surface area (Å²) in [5, 5.41) is 13.5. The Morgan fingerprint density at radius 1 is 0.700 bits per heavy atom. The highest BCUT2D eigenvalue weighted by Gasteiger charge is 2.35. The van der Waals surface area contributed by atoms with E-state index >= 15 is 0 Å². The number of aromatic nitrogens is 2. The van der Waals surface area contributed by atoms with Crippen LogP contribution in [0.4, 0.5) is 13.2 Å². The van der Waals surface area contributed by atoms with Crippen molar-refractivity contribution in [1.29, 1.82) is 0 Å². The van der Waals surface area contributed by atoms with Crippen molar-refractivity contribution in [1.82, 2.24) is 9.13 Å². The lowest BCUT2D eigenvalue weighted by Crippen LogP contribution is -2.25. The molecule has 6 heteroatoms.